The highest BCUT2D eigenvalue weighted by molar-refractivity contribution is 6.07. The number of hydrogen-bond acceptors (Lipinski definition) is 3. The minimum Gasteiger partial charge on any atom is -0.328 e. The Labute approximate surface area is 252 Å². The van der Waals surface area contributed by atoms with Gasteiger partial charge in [-0.2, -0.15) is 0 Å². The lowest BCUT2D eigenvalue weighted by atomic mass is 10.0. The Morgan fingerprint density at radius 1 is 0.791 bits per heavy atom. The molecule has 0 N–H and O–H groups in total. The number of carbonyl (C=O) groups is 1. The standard InChI is InChI=1S/C38H35N3O2/c1-4-35(36-39-34-20-11-10-18-33(34)38(43)41(36)30-22-21-26(2)27(3)25-30)40(24-23-28-13-6-5-7-14-28)37(42)32-19-12-16-29-15-8-9-17-31(29)32/h5-22,25,35H,4,23-24H2,1-3H3. The number of rotatable bonds is 8. The fourth-order valence-electron chi connectivity index (χ4n) is 5.89. The van der Waals surface area contributed by atoms with Crippen LogP contribution in [0.25, 0.3) is 27.4 Å². The molecule has 214 valence electrons. The van der Waals surface area contributed by atoms with E-state index in [0.717, 1.165) is 33.2 Å². The molecule has 0 fully saturated rings. The van der Waals surface area contributed by atoms with E-state index in [-0.39, 0.29) is 11.5 Å². The molecular formula is C38H35N3O2. The summed E-state index contributed by atoms with van der Waals surface area (Å²) in [5.41, 5.74) is 5.26. The topological polar surface area (TPSA) is 55.2 Å². The van der Waals surface area contributed by atoms with Gasteiger partial charge in [0.25, 0.3) is 11.5 Å². The summed E-state index contributed by atoms with van der Waals surface area (Å²) in [7, 11) is 0. The van der Waals surface area contributed by atoms with Gasteiger partial charge in [0, 0.05) is 12.1 Å². The third kappa shape index (κ3) is 5.46. The van der Waals surface area contributed by atoms with E-state index in [4.69, 9.17) is 4.98 Å². The molecule has 1 amide bonds. The van der Waals surface area contributed by atoms with Crippen LogP contribution in [0.1, 0.15) is 52.3 Å². The number of fused-ring (bicyclic) bond motifs is 2. The van der Waals surface area contributed by atoms with E-state index in [1.54, 1.807) is 4.57 Å². The first-order chi connectivity index (χ1) is 21.0. The predicted molar refractivity (Wildman–Crippen MR) is 175 cm³/mol. The molecule has 6 rings (SSSR count). The van der Waals surface area contributed by atoms with E-state index in [0.29, 0.717) is 41.7 Å². The number of para-hydroxylation sites is 1. The molecule has 0 aliphatic heterocycles. The number of nitrogens with zero attached hydrogens (tertiary/aromatic N) is 3. The maximum Gasteiger partial charge on any atom is 0.266 e. The van der Waals surface area contributed by atoms with Gasteiger partial charge in [0.15, 0.2) is 0 Å². The molecule has 1 unspecified atom stereocenters. The Hall–Kier alpha value is -5.03. The molecule has 1 aromatic heterocycles. The van der Waals surface area contributed by atoms with E-state index in [1.807, 2.05) is 115 Å². The van der Waals surface area contributed by atoms with Crippen molar-refractivity contribution in [3.8, 4) is 5.69 Å². The molecule has 0 bridgehead atoms. The van der Waals surface area contributed by atoms with Crippen LogP contribution in [0.5, 0.6) is 0 Å². The van der Waals surface area contributed by atoms with E-state index in [2.05, 4.69) is 26.0 Å². The number of hydrogen-bond donors (Lipinski definition) is 0. The summed E-state index contributed by atoms with van der Waals surface area (Å²) in [6.45, 7) is 6.64. The molecule has 1 heterocycles. The third-order valence-corrected chi connectivity index (χ3v) is 8.38. The Kier molecular flexibility index (Phi) is 7.89. The van der Waals surface area contributed by atoms with Crippen molar-refractivity contribution in [2.75, 3.05) is 6.54 Å². The van der Waals surface area contributed by atoms with Crippen molar-refractivity contribution in [1.82, 2.24) is 14.5 Å². The van der Waals surface area contributed by atoms with E-state index in [1.165, 1.54) is 0 Å². The molecule has 5 nitrogen and oxygen atoms in total. The van der Waals surface area contributed by atoms with Gasteiger partial charge in [-0.1, -0.05) is 91.9 Å². The maximum atomic E-state index is 14.7. The molecule has 0 saturated heterocycles. The normalized spacial score (nSPS) is 12.0. The van der Waals surface area contributed by atoms with Crippen molar-refractivity contribution in [3.63, 3.8) is 0 Å². The molecule has 0 spiro atoms. The maximum absolute atomic E-state index is 14.7. The van der Waals surface area contributed by atoms with Crippen LogP contribution in [-0.4, -0.2) is 26.9 Å². The highest BCUT2D eigenvalue weighted by Gasteiger charge is 2.30. The molecule has 0 saturated carbocycles. The van der Waals surface area contributed by atoms with Crippen molar-refractivity contribution in [1.29, 1.82) is 0 Å². The summed E-state index contributed by atoms with van der Waals surface area (Å²) in [6, 6.07) is 37.1. The number of benzene rings is 5. The molecule has 1 atom stereocenters. The van der Waals surface area contributed by atoms with Crippen molar-refractivity contribution < 1.29 is 4.79 Å². The van der Waals surface area contributed by atoms with Crippen LogP contribution in [-0.2, 0) is 6.42 Å². The first-order valence-corrected chi connectivity index (χ1v) is 14.9. The average molecular weight is 566 g/mol. The van der Waals surface area contributed by atoms with Crippen LogP contribution in [0.2, 0.25) is 0 Å². The van der Waals surface area contributed by atoms with Gasteiger partial charge in [-0.25, -0.2) is 4.98 Å². The van der Waals surface area contributed by atoms with Crippen LogP contribution < -0.4 is 5.56 Å². The SMILES string of the molecule is CCC(c1nc2ccccc2c(=O)n1-c1ccc(C)c(C)c1)N(CCc1ccccc1)C(=O)c1cccc2ccccc12. The third-order valence-electron chi connectivity index (χ3n) is 8.38. The number of aryl methyl sites for hydroxylation is 2. The summed E-state index contributed by atoms with van der Waals surface area (Å²) in [5, 5.41) is 2.48. The monoisotopic (exact) mass is 565 g/mol. The highest BCUT2D eigenvalue weighted by Crippen LogP contribution is 2.30. The molecule has 0 aliphatic carbocycles. The minimum absolute atomic E-state index is 0.0753. The van der Waals surface area contributed by atoms with E-state index < -0.39 is 6.04 Å². The molecule has 0 radical (unpaired) electrons. The first kappa shape index (κ1) is 28.1. The van der Waals surface area contributed by atoms with Crippen LogP contribution in [0.15, 0.2) is 120 Å². The van der Waals surface area contributed by atoms with Gasteiger partial charge in [-0.3, -0.25) is 14.2 Å². The summed E-state index contributed by atoms with van der Waals surface area (Å²) in [5.74, 6) is 0.490. The Bertz CT molecular complexity index is 1990. The second-order valence-corrected chi connectivity index (χ2v) is 11.1. The van der Waals surface area contributed by atoms with Crippen molar-refractivity contribution in [3.05, 3.63) is 154 Å². The summed E-state index contributed by atoms with van der Waals surface area (Å²) >= 11 is 0. The zero-order valence-corrected chi connectivity index (χ0v) is 24.8. The van der Waals surface area contributed by atoms with Gasteiger partial charge < -0.3 is 4.90 Å². The molecule has 5 aromatic carbocycles. The van der Waals surface area contributed by atoms with Crippen LogP contribution in [0.3, 0.4) is 0 Å². The van der Waals surface area contributed by atoms with Crippen molar-refractivity contribution in [2.24, 2.45) is 0 Å². The number of amides is 1. The second kappa shape index (κ2) is 12.1. The lowest BCUT2D eigenvalue weighted by Gasteiger charge is -2.33. The van der Waals surface area contributed by atoms with Crippen molar-refractivity contribution in [2.45, 2.75) is 39.7 Å². The second-order valence-electron chi connectivity index (χ2n) is 11.1. The molecule has 5 heteroatoms. The van der Waals surface area contributed by atoms with Gasteiger partial charge >= 0.3 is 0 Å². The Balaban J connectivity index is 1.56. The minimum atomic E-state index is -0.450. The highest BCUT2D eigenvalue weighted by atomic mass is 16.2. The smallest absolute Gasteiger partial charge is 0.266 e. The summed E-state index contributed by atoms with van der Waals surface area (Å²) < 4.78 is 1.72. The number of carbonyl (C=O) groups excluding carboxylic acids is 1. The molecular weight excluding hydrogens is 530 g/mol. The number of aromatic nitrogens is 2. The molecule has 6 aromatic rings. The Morgan fingerprint density at radius 3 is 2.26 bits per heavy atom. The first-order valence-electron chi connectivity index (χ1n) is 14.9. The largest absolute Gasteiger partial charge is 0.328 e. The summed E-state index contributed by atoms with van der Waals surface area (Å²) in [4.78, 5) is 35.9. The average Bonchev–Trinajstić information content (AvgIpc) is 3.04. The zero-order valence-electron chi connectivity index (χ0n) is 24.8. The fourth-order valence-corrected chi connectivity index (χ4v) is 5.89. The Morgan fingerprint density at radius 2 is 1.49 bits per heavy atom. The van der Waals surface area contributed by atoms with Gasteiger partial charge in [-0.15, -0.1) is 0 Å². The van der Waals surface area contributed by atoms with Gasteiger partial charge in [0.2, 0.25) is 0 Å². The molecule has 43 heavy (non-hydrogen) atoms. The van der Waals surface area contributed by atoms with E-state index >= 15 is 0 Å². The van der Waals surface area contributed by atoms with Gasteiger partial charge in [-0.05, 0) is 84.5 Å². The van der Waals surface area contributed by atoms with Gasteiger partial charge in [0.05, 0.1) is 22.6 Å². The van der Waals surface area contributed by atoms with Crippen LogP contribution >= 0.6 is 0 Å². The fraction of sp³-hybridized carbons (Fsp3) is 0.184. The van der Waals surface area contributed by atoms with Crippen LogP contribution in [0.4, 0.5) is 0 Å². The lowest BCUT2D eigenvalue weighted by Crippen LogP contribution is -2.40. The quantitative estimate of drug-likeness (QED) is 0.188. The van der Waals surface area contributed by atoms with E-state index in [9.17, 15) is 9.59 Å². The lowest BCUT2D eigenvalue weighted by molar-refractivity contribution is 0.0664. The molecule has 0 aliphatic rings. The van der Waals surface area contributed by atoms with Crippen LogP contribution in [0, 0.1) is 13.8 Å². The van der Waals surface area contributed by atoms with Gasteiger partial charge in [0.1, 0.15) is 5.82 Å². The zero-order chi connectivity index (χ0) is 29.9. The summed E-state index contributed by atoms with van der Waals surface area (Å²) in [6.07, 6.45) is 1.26. The van der Waals surface area contributed by atoms with Crippen molar-refractivity contribution >= 4 is 27.6 Å². The predicted octanol–water partition coefficient (Wildman–Crippen LogP) is 7.99.